The molecule has 178 valence electrons. The fourth-order valence-corrected chi connectivity index (χ4v) is 4.58. The molecular weight excluding hydrogens is 542 g/mol. The number of ether oxygens (including phenoxy) is 1. The molecule has 36 heavy (non-hydrogen) atoms. The maximum atomic E-state index is 13.5. The van der Waals surface area contributed by atoms with Gasteiger partial charge in [0.2, 0.25) is 5.91 Å². The zero-order valence-corrected chi connectivity index (χ0v) is 21.3. The minimum atomic E-state index is -0.607. The van der Waals surface area contributed by atoms with Crippen LogP contribution in [0.5, 0.6) is 11.5 Å². The second kappa shape index (κ2) is 9.52. The van der Waals surface area contributed by atoms with E-state index in [4.69, 9.17) is 17.0 Å². The lowest BCUT2D eigenvalue weighted by atomic mass is 10.1. The Morgan fingerprint density at radius 3 is 2.39 bits per heavy atom. The van der Waals surface area contributed by atoms with Crippen molar-refractivity contribution in [1.29, 1.82) is 0 Å². The predicted molar refractivity (Wildman–Crippen MR) is 145 cm³/mol. The molecule has 0 radical (unpaired) electrons. The maximum Gasteiger partial charge on any atom is 0.270 e. The van der Waals surface area contributed by atoms with Crippen molar-refractivity contribution in [3.8, 4) is 11.5 Å². The van der Waals surface area contributed by atoms with E-state index in [-0.39, 0.29) is 16.6 Å². The molecule has 0 atom stereocenters. The number of fused-ring (bicyclic) bond motifs is 1. The Morgan fingerprint density at radius 2 is 1.69 bits per heavy atom. The SMILES string of the molecule is CC(=O)n1cc(/C=C2\C(=O)NC(=S)N(c3ccc(Oc4ccccc4)cc3)C2=O)c2cc(Br)ccc21. The van der Waals surface area contributed by atoms with Gasteiger partial charge in [0.05, 0.1) is 11.2 Å². The van der Waals surface area contributed by atoms with Gasteiger partial charge in [-0.2, -0.15) is 0 Å². The van der Waals surface area contributed by atoms with Gasteiger partial charge in [-0.05, 0) is 72.9 Å². The number of rotatable bonds is 4. The second-order valence-electron chi connectivity index (χ2n) is 8.00. The number of para-hydroxylation sites is 1. The number of halogens is 1. The standard InChI is InChI=1S/C27H18BrN3O4S/c1-16(32)30-15-17(22-14-18(28)7-12-24(22)30)13-23-25(33)29-27(36)31(26(23)34)19-8-10-21(11-9-19)35-20-5-3-2-4-6-20/h2-15H,1H3,(H,29,33,36)/b23-13+. The first-order valence-corrected chi connectivity index (χ1v) is 12.1. The summed E-state index contributed by atoms with van der Waals surface area (Å²) >= 11 is 8.75. The molecule has 0 unspecified atom stereocenters. The number of hydrogen-bond donors (Lipinski definition) is 1. The molecule has 5 rings (SSSR count). The molecule has 0 saturated carbocycles. The van der Waals surface area contributed by atoms with E-state index < -0.39 is 11.8 Å². The number of hydrogen-bond acceptors (Lipinski definition) is 5. The summed E-state index contributed by atoms with van der Waals surface area (Å²) in [5.41, 5.74) is 1.60. The van der Waals surface area contributed by atoms with E-state index >= 15 is 0 Å². The number of benzene rings is 3. The van der Waals surface area contributed by atoms with Gasteiger partial charge < -0.3 is 4.74 Å². The molecule has 4 aromatic rings. The van der Waals surface area contributed by atoms with Crippen LogP contribution in [0.3, 0.4) is 0 Å². The highest BCUT2D eigenvalue weighted by Gasteiger charge is 2.34. The third-order valence-electron chi connectivity index (χ3n) is 5.61. The van der Waals surface area contributed by atoms with Crippen molar-refractivity contribution in [2.75, 3.05) is 4.90 Å². The Labute approximate surface area is 220 Å². The summed E-state index contributed by atoms with van der Waals surface area (Å²) in [6, 6.07) is 21.6. The number of thiocarbonyl (C=S) groups is 1. The van der Waals surface area contributed by atoms with Crippen molar-refractivity contribution in [2.45, 2.75) is 6.92 Å². The summed E-state index contributed by atoms with van der Waals surface area (Å²) in [5.74, 6) is -0.0957. The molecular formula is C27H18BrN3O4S. The molecule has 7 nitrogen and oxygen atoms in total. The van der Waals surface area contributed by atoms with Crippen LogP contribution < -0.4 is 15.0 Å². The van der Waals surface area contributed by atoms with E-state index in [0.29, 0.717) is 28.3 Å². The van der Waals surface area contributed by atoms with E-state index in [9.17, 15) is 14.4 Å². The zero-order valence-electron chi connectivity index (χ0n) is 18.9. The van der Waals surface area contributed by atoms with Crippen molar-refractivity contribution in [3.05, 3.63) is 94.6 Å². The summed E-state index contributed by atoms with van der Waals surface area (Å²) in [7, 11) is 0. The van der Waals surface area contributed by atoms with Gasteiger partial charge in [-0.15, -0.1) is 0 Å². The highest BCUT2D eigenvalue weighted by molar-refractivity contribution is 9.10. The monoisotopic (exact) mass is 559 g/mol. The first kappa shape index (κ1) is 23.7. The Kier molecular flexibility index (Phi) is 6.26. The Morgan fingerprint density at radius 1 is 1.00 bits per heavy atom. The van der Waals surface area contributed by atoms with Crippen molar-refractivity contribution in [3.63, 3.8) is 0 Å². The quantitative estimate of drug-likeness (QED) is 0.197. The van der Waals surface area contributed by atoms with E-state index in [1.54, 1.807) is 36.5 Å². The van der Waals surface area contributed by atoms with Crippen LogP contribution in [0.25, 0.3) is 17.0 Å². The van der Waals surface area contributed by atoms with Gasteiger partial charge in [-0.3, -0.25) is 29.2 Å². The molecule has 1 N–H and O–H groups in total. The lowest BCUT2D eigenvalue weighted by Crippen LogP contribution is -2.54. The van der Waals surface area contributed by atoms with Crippen molar-refractivity contribution < 1.29 is 19.1 Å². The van der Waals surface area contributed by atoms with E-state index in [2.05, 4.69) is 21.2 Å². The van der Waals surface area contributed by atoms with Gasteiger partial charge >= 0.3 is 0 Å². The number of anilines is 1. The number of amides is 2. The normalized spacial score (nSPS) is 14.9. The van der Waals surface area contributed by atoms with Gasteiger partial charge in [0.25, 0.3) is 11.8 Å². The summed E-state index contributed by atoms with van der Waals surface area (Å²) in [6.07, 6.45) is 3.09. The summed E-state index contributed by atoms with van der Waals surface area (Å²) in [6.45, 7) is 1.45. The van der Waals surface area contributed by atoms with E-state index in [1.807, 2.05) is 42.5 Å². The fourth-order valence-electron chi connectivity index (χ4n) is 3.94. The average Bonchev–Trinajstić information content (AvgIpc) is 3.21. The molecule has 2 amide bonds. The molecule has 1 aliphatic rings. The van der Waals surface area contributed by atoms with Gasteiger partial charge in [0, 0.05) is 28.5 Å². The van der Waals surface area contributed by atoms with Crippen molar-refractivity contribution in [1.82, 2.24) is 9.88 Å². The summed E-state index contributed by atoms with van der Waals surface area (Å²) < 4.78 is 8.09. The average molecular weight is 560 g/mol. The molecule has 3 aromatic carbocycles. The molecule has 0 spiro atoms. The van der Waals surface area contributed by atoms with Gasteiger partial charge in [-0.1, -0.05) is 34.1 Å². The lowest BCUT2D eigenvalue weighted by molar-refractivity contribution is -0.122. The van der Waals surface area contributed by atoms with E-state index in [0.717, 1.165) is 9.86 Å². The molecule has 0 aliphatic carbocycles. The van der Waals surface area contributed by atoms with Crippen molar-refractivity contribution >= 4 is 73.6 Å². The van der Waals surface area contributed by atoms with Crippen LogP contribution in [0.1, 0.15) is 17.3 Å². The molecule has 1 saturated heterocycles. The number of nitrogens with zero attached hydrogens (tertiary/aromatic N) is 2. The zero-order chi connectivity index (χ0) is 25.4. The molecule has 1 aliphatic heterocycles. The predicted octanol–water partition coefficient (Wildman–Crippen LogP) is 5.69. The van der Waals surface area contributed by atoms with Gasteiger partial charge in [-0.25, -0.2) is 0 Å². The molecule has 9 heteroatoms. The molecule has 0 bridgehead atoms. The smallest absolute Gasteiger partial charge is 0.270 e. The first-order valence-electron chi connectivity index (χ1n) is 10.9. The van der Waals surface area contributed by atoms with E-state index in [1.165, 1.54) is 22.5 Å². The molecule has 1 aromatic heterocycles. The van der Waals surface area contributed by atoms with Crippen LogP contribution in [0, 0.1) is 0 Å². The topological polar surface area (TPSA) is 80.6 Å². The van der Waals surface area contributed by atoms with Crippen LogP contribution in [0.15, 0.2) is 89.0 Å². The lowest BCUT2D eigenvalue weighted by Gasteiger charge is -2.29. The fraction of sp³-hybridized carbons (Fsp3) is 0.0370. The molecule has 1 fully saturated rings. The van der Waals surface area contributed by atoms with Crippen LogP contribution in [0.2, 0.25) is 0 Å². The summed E-state index contributed by atoms with van der Waals surface area (Å²) in [5, 5.41) is 3.28. The van der Waals surface area contributed by atoms with Crippen LogP contribution in [-0.4, -0.2) is 27.4 Å². The number of carbonyl (C=O) groups excluding carboxylic acids is 3. The second-order valence-corrected chi connectivity index (χ2v) is 9.30. The van der Waals surface area contributed by atoms with Crippen LogP contribution in [-0.2, 0) is 9.59 Å². The maximum absolute atomic E-state index is 13.5. The van der Waals surface area contributed by atoms with Crippen LogP contribution in [0.4, 0.5) is 5.69 Å². The Bertz CT molecular complexity index is 1580. The highest BCUT2D eigenvalue weighted by Crippen LogP contribution is 2.30. The minimum absolute atomic E-state index is 0.0206. The minimum Gasteiger partial charge on any atom is -0.457 e. The number of carbonyl (C=O) groups is 3. The number of nitrogens with one attached hydrogen (secondary N) is 1. The van der Waals surface area contributed by atoms with Crippen molar-refractivity contribution in [2.24, 2.45) is 0 Å². The third kappa shape index (κ3) is 4.46. The Hall–Kier alpha value is -4.08. The largest absolute Gasteiger partial charge is 0.457 e. The molecule has 2 heterocycles. The van der Waals surface area contributed by atoms with Crippen LogP contribution >= 0.6 is 28.1 Å². The van der Waals surface area contributed by atoms with Gasteiger partial charge in [0.1, 0.15) is 17.1 Å². The number of aromatic nitrogens is 1. The first-order chi connectivity index (χ1) is 17.3. The highest BCUT2D eigenvalue weighted by atomic mass is 79.9. The Balaban J connectivity index is 1.50. The summed E-state index contributed by atoms with van der Waals surface area (Å²) in [4.78, 5) is 39.7. The van der Waals surface area contributed by atoms with Gasteiger partial charge in [0.15, 0.2) is 5.11 Å². The third-order valence-corrected chi connectivity index (χ3v) is 6.39.